The summed E-state index contributed by atoms with van der Waals surface area (Å²) in [6.07, 6.45) is -5.63. The molecule has 0 aliphatic carbocycles. The molecule has 8 nitrogen and oxygen atoms in total. The Morgan fingerprint density at radius 2 is 2.17 bits per heavy atom. The first-order valence-electron chi connectivity index (χ1n) is 7.04. The van der Waals surface area contributed by atoms with E-state index in [1.807, 2.05) is 0 Å². The lowest BCUT2D eigenvalue weighted by Crippen LogP contribution is -2.48. The first kappa shape index (κ1) is 17.9. The van der Waals surface area contributed by atoms with Crippen molar-refractivity contribution >= 4 is 17.4 Å². The number of hydrogen-bond acceptors (Lipinski definition) is 5. The second kappa shape index (κ2) is 6.61. The number of nitrogens with one attached hydrogen (secondary N) is 1. The van der Waals surface area contributed by atoms with E-state index in [0.717, 1.165) is 6.20 Å². The van der Waals surface area contributed by atoms with Gasteiger partial charge in [-0.1, -0.05) is 0 Å². The molecule has 2 atom stereocenters. The van der Waals surface area contributed by atoms with Crippen LogP contribution in [0.4, 0.5) is 29.1 Å². The third kappa shape index (κ3) is 3.74. The SMILES string of the molecule is Cn1ncc([N+](=O)[O-])c1N1CCC[C@H](NC(=O)C(F)(F)F)[C@H](F)C1. The third-order valence-electron chi connectivity index (χ3n) is 3.73. The Kier molecular flexibility index (Phi) is 4.94. The van der Waals surface area contributed by atoms with Gasteiger partial charge >= 0.3 is 17.8 Å². The summed E-state index contributed by atoms with van der Waals surface area (Å²) in [6, 6.07) is -1.31. The first-order valence-corrected chi connectivity index (χ1v) is 7.04. The standard InChI is InChI=1S/C12H15F4N5O3/c1-19-10(9(5-17-19)21(23)24)20-4-2-3-8(7(13)6-20)18-11(22)12(14,15)16/h5,7-8H,2-4,6H2,1H3,(H,18,22)/t7-,8+/m1/s1. The van der Waals surface area contributed by atoms with Crippen LogP contribution in [0.2, 0.25) is 0 Å². The van der Waals surface area contributed by atoms with Gasteiger partial charge in [0, 0.05) is 13.6 Å². The Labute approximate surface area is 133 Å². The molecule has 1 N–H and O–H groups in total. The average Bonchev–Trinajstić information content (AvgIpc) is 2.76. The summed E-state index contributed by atoms with van der Waals surface area (Å²) < 4.78 is 52.4. The van der Waals surface area contributed by atoms with Gasteiger partial charge in [0.05, 0.1) is 17.5 Å². The molecule has 1 saturated heterocycles. The van der Waals surface area contributed by atoms with Crippen LogP contribution in [0, 0.1) is 10.1 Å². The van der Waals surface area contributed by atoms with E-state index in [2.05, 4.69) is 5.10 Å². The summed E-state index contributed by atoms with van der Waals surface area (Å²) in [5, 5.41) is 16.4. The number of amides is 1. The van der Waals surface area contributed by atoms with Crippen LogP contribution in [0.3, 0.4) is 0 Å². The summed E-state index contributed by atoms with van der Waals surface area (Å²) in [5.41, 5.74) is -0.317. The van der Waals surface area contributed by atoms with Crippen LogP contribution >= 0.6 is 0 Å². The number of carbonyl (C=O) groups excluding carboxylic acids is 1. The molecule has 0 aromatic carbocycles. The zero-order chi connectivity index (χ0) is 18.1. The molecule has 1 fully saturated rings. The third-order valence-corrected chi connectivity index (χ3v) is 3.73. The number of alkyl halides is 4. The predicted octanol–water partition coefficient (Wildman–Crippen LogP) is 1.31. The van der Waals surface area contributed by atoms with Crippen LogP contribution in [0.25, 0.3) is 0 Å². The molecule has 0 unspecified atom stereocenters. The van der Waals surface area contributed by atoms with Crippen LogP contribution in [0.5, 0.6) is 0 Å². The van der Waals surface area contributed by atoms with Crippen molar-refractivity contribution in [3.8, 4) is 0 Å². The maximum atomic E-state index is 14.3. The van der Waals surface area contributed by atoms with Gasteiger partial charge in [-0.25, -0.2) is 9.07 Å². The number of aryl methyl sites for hydroxylation is 1. The summed E-state index contributed by atoms with van der Waals surface area (Å²) in [4.78, 5) is 22.7. The number of nitrogens with zero attached hydrogens (tertiary/aromatic N) is 4. The lowest BCUT2D eigenvalue weighted by Gasteiger charge is -2.25. The Hall–Kier alpha value is -2.40. The van der Waals surface area contributed by atoms with E-state index in [-0.39, 0.29) is 37.4 Å². The highest BCUT2D eigenvalue weighted by atomic mass is 19.4. The maximum absolute atomic E-state index is 14.3. The summed E-state index contributed by atoms with van der Waals surface area (Å²) in [5.74, 6) is -2.12. The van der Waals surface area contributed by atoms with Crippen molar-refractivity contribution in [2.24, 2.45) is 7.05 Å². The highest BCUT2D eigenvalue weighted by molar-refractivity contribution is 5.82. The minimum atomic E-state index is -5.09. The number of halogens is 4. The van der Waals surface area contributed by atoms with E-state index in [9.17, 15) is 32.5 Å². The van der Waals surface area contributed by atoms with E-state index in [4.69, 9.17) is 0 Å². The molecular weight excluding hydrogens is 338 g/mol. The molecule has 1 aliphatic rings. The highest BCUT2D eigenvalue weighted by Crippen LogP contribution is 2.30. The molecule has 134 valence electrons. The monoisotopic (exact) mass is 353 g/mol. The molecular formula is C12H15F4N5O3. The zero-order valence-electron chi connectivity index (χ0n) is 12.6. The maximum Gasteiger partial charge on any atom is 0.471 e. The molecule has 0 radical (unpaired) electrons. The molecule has 1 amide bonds. The number of anilines is 1. The lowest BCUT2D eigenvalue weighted by atomic mass is 10.1. The topological polar surface area (TPSA) is 93.3 Å². The van der Waals surface area contributed by atoms with Crippen molar-refractivity contribution in [1.82, 2.24) is 15.1 Å². The van der Waals surface area contributed by atoms with Crippen molar-refractivity contribution in [3.05, 3.63) is 16.3 Å². The second-order valence-electron chi connectivity index (χ2n) is 5.42. The van der Waals surface area contributed by atoms with Gasteiger partial charge in [0.1, 0.15) is 12.4 Å². The van der Waals surface area contributed by atoms with Gasteiger partial charge in [-0.3, -0.25) is 14.9 Å². The fourth-order valence-electron chi connectivity index (χ4n) is 2.63. The van der Waals surface area contributed by atoms with Gasteiger partial charge < -0.3 is 10.2 Å². The number of carbonyl (C=O) groups is 1. The summed E-state index contributed by atoms with van der Waals surface area (Å²) >= 11 is 0. The van der Waals surface area contributed by atoms with E-state index in [1.165, 1.54) is 16.6 Å². The zero-order valence-corrected chi connectivity index (χ0v) is 12.6. The van der Waals surface area contributed by atoms with E-state index < -0.39 is 29.2 Å². The molecule has 0 saturated carbocycles. The van der Waals surface area contributed by atoms with Gasteiger partial charge in [-0.2, -0.15) is 18.3 Å². The number of aromatic nitrogens is 2. The largest absolute Gasteiger partial charge is 0.471 e. The van der Waals surface area contributed by atoms with Gasteiger partial charge in [0.15, 0.2) is 0 Å². The van der Waals surface area contributed by atoms with Gasteiger partial charge in [-0.05, 0) is 12.8 Å². The Bertz CT molecular complexity index is 633. The van der Waals surface area contributed by atoms with Gasteiger partial charge in [-0.15, -0.1) is 0 Å². The average molecular weight is 353 g/mol. The second-order valence-corrected chi connectivity index (χ2v) is 5.42. The Morgan fingerprint density at radius 1 is 1.50 bits per heavy atom. The van der Waals surface area contributed by atoms with Crippen molar-refractivity contribution in [3.63, 3.8) is 0 Å². The lowest BCUT2D eigenvalue weighted by molar-refractivity contribution is -0.384. The fraction of sp³-hybridized carbons (Fsp3) is 0.667. The smallest absolute Gasteiger partial charge is 0.348 e. The van der Waals surface area contributed by atoms with Crippen molar-refractivity contribution in [1.29, 1.82) is 0 Å². The molecule has 24 heavy (non-hydrogen) atoms. The quantitative estimate of drug-likeness (QED) is 0.502. The van der Waals surface area contributed by atoms with E-state index in [0.29, 0.717) is 0 Å². The van der Waals surface area contributed by atoms with Crippen LogP contribution in [0.1, 0.15) is 12.8 Å². The molecule has 2 heterocycles. The summed E-state index contributed by atoms with van der Waals surface area (Å²) in [7, 11) is 1.45. The van der Waals surface area contributed by atoms with E-state index in [1.54, 1.807) is 5.32 Å². The Morgan fingerprint density at radius 3 is 2.75 bits per heavy atom. The van der Waals surface area contributed by atoms with Crippen LogP contribution in [-0.2, 0) is 11.8 Å². The molecule has 1 aliphatic heterocycles. The molecule has 1 aromatic heterocycles. The molecule has 12 heteroatoms. The molecule has 2 rings (SSSR count). The number of rotatable bonds is 3. The van der Waals surface area contributed by atoms with E-state index >= 15 is 0 Å². The fourth-order valence-corrected chi connectivity index (χ4v) is 2.63. The minimum Gasteiger partial charge on any atom is -0.348 e. The number of hydrogen-bond donors (Lipinski definition) is 1. The van der Waals surface area contributed by atoms with Crippen molar-refractivity contribution in [2.45, 2.75) is 31.2 Å². The first-order chi connectivity index (χ1) is 11.1. The van der Waals surface area contributed by atoms with Gasteiger partial charge in [0.25, 0.3) is 0 Å². The highest BCUT2D eigenvalue weighted by Gasteiger charge is 2.42. The van der Waals surface area contributed by atoms with Crippen LogP contribution < -0.4 is 10.2 Å². The number of nitro groups is 1. The van der Waals surface area contributed by atoms with Crippen molar-refractivity contribution in [2.75, 3.05) is 18.0 Å². The minimum absolute atomic E-state index is 0.00879. The normalized spacial score (nSPS) is 22.1. The van der Waals surface area contributed by atoms with Gasteiger partial charge in [0.2, 0.25) is 5.82 Å². The Balaban J connectivity index is 2.15. The summed E-state index contributed by atoms with van der Waals surface area (Å²) in [6.45, 7) is -0.192. The van der Waals surface area contributed by atoms with Crippen LogP contribution in [-0.4, -0.2) is 52.1 Å². The predicted molar refractivity (Wildman–Crippen MR) is 74.2 cm³/mol. The van der Waals surface area contributed by atoms with Crippen molar-refractivity contribution < 1.29 is 27.3 Å². The molecule has 0 bridgehead atoms. The molecule has 1 aromatic rings. The molecule has 0 spiro atoms. The van der Waals surface area contributed by atoms with Crippen LogP contribution in [0.15, 0.2) is 6.20 Å².